The van der Waals surface area contributed by atoms with E-state index in [4.69, 9.17) is 35.4 Å². The predicted molar refractivity (Wildman–Crippen MR) is 95.5 cm³/mol. The molecule has 1 saturated heterocycles. The van der Waals surface area contributed by atoms with Crippen molar-refractivity contribution in [3.05, 3.63) is 28.2 Å². The summed E-state index contributed by atoms with van der Waals surface area (Å²) in [7, 11) is 0. The molecule has 1 N–H and O–H groups in total. The van der Waals surface area contributed by atoms with Crippen LogP contribution < -0.4 is 5.32 Å². The normalized spacial score (nSPS) is 15.9. The fourth-order valence-electron chi connectivity index (χ4n) is 2.00. The molecule has 0 spiro atoms. The molecule has 1 aromatic rings. The molecule has 1 fully saturated rings. The molecule has 1 aliphatic heterocycles. The van der Waals surface area contributed by atoms with E-state index in [0.29, 0.717) is 15.7 Å². The van der Waals surface area contributed by atoms with Crippen LogP contribution in [0.1, 0.15) is 19.8 Å². The van der Waals surface area contributed by atoms with Gasteiger partial charge < -0.3 is 10.2 Å². The molecule has 1 atom stereocenters. The minimum absolute atomic E-state index is 0.120. The van der Waals surface area contributed by atoms with Gasteiger partial charge in [0.2, 0.25) is 5.91 Å². The average Bonchev–Trinajstić information content (AvgIpc) is 2.95. The number of halogens is 2. The first-order chi connectivity index (χ1) is 9.97. The summed E-state index contributed by atoms with van der Waals surface area (Å²) in [6.45, 7) is 3.82. The van der Waals surface area contributed by atoms with E-state index in [0.717, 1.165) is 17.4 Å². The maximum absolute atomic E-state index is 12.2. The molecular weight excluding hydrogens is 347 g/mol. The molecule has 1 amide bonds. The summed E-state index contributed by atoms with van der Waals surface area (Å²) in [6, 6.07) is 4.99. The number of likely N-dealkylation sites (tertiary alicyclic amines) is 1. The number of hydrogen-bond donors (Lipinski definition) is 1. The summed E-state index contributed by atoms with van der Waals surface area (Å²) in [4.78, 5) is 14.4. The molecule has 0 radical (unpaired) electrons. The first-order valence-corrected chi connectivity index (χ1v) is 8.73. The van der Waals surface area contributed by atoms with E-state index in [1.54, 1.807) is 18.2 Å². The summed E-state index contributed by atoms with van der Waals surface area (Å²) >= 11 is 18.7. The SMILES string of the molecule is C[C@@H](SC(=S)N1CCCC1)C(=O)Nc1ccc(Cl)cc1Cl. The van der Waals surface area contributed by atoms with E-state index >= 15 is 0 Å². The summed E-state index contributed by atoms with van der Waals surface area (Å²) in [6.07, 6.45) is 2.34. The van der Waals surface area contributed by atoms with Crippen molar-refractivity contribution in [3.8, 4) is 0 Å². The highest BCUT2D eigenvalue weighted by molar-refractivity contribution is 8.23. The minimum atomic E-state index is -0.273. The van der Waals surface area contributed by atoms with Crippen molar-refractivity contribution in [3.63, 3.8) is 0 Å². The number of benzene rings is 1. The van der Waals surface area contributed by atoms with Crippen LogP contribution in [0.3, 0.4) is 0 Å². The number of thiocarbonyl (C=S) groups is 1. The summed E-state index contributed by atoms with van der Waals surface area (Å²) in [5, 5.41) is 3.50. The van der Waals surface area contributed by atoms with Crippen molar-refractivity contribution in [2.45, 2.75) is 25.0 Å². The number of anilines is 1. The fourth-order valence-corrected chi connectivity index (χ4v) is 3.88. The van der Waals surface area contributed by atoms with E-state index in [2.05, 4.69) is 10.2 Å². The summed E-state index contributed by atoms with van der Waals surface area (Å²) in [5.41, 5.74) is 0.561. The molecule has 2 rings (SSSR count). The maximum Gasteiger partial charge on any atom is 0.237 e. The molecule has 21 heavy (non-hydrogen) atoms. The zero-order valence-electron chi connectivity index (χ0n) is 11.6. The molecule has 1 heterocycles. The van der Waals surface area contributed by atoms with Crippen molar-refractivity contribution in [1.29, 1.82) is 0 Å². The van der Waals surface area contributed by atoms with Gasteiger partial charge in [-0.2, -0.15) is 0 Å². The van der Waals surface area contributed by atoms with Gasteiger partial charge in [-0.1, -0.05) is 47.2 Å². The Labute approximate surface area is 144 Å². The van der Waals surface area contributed by atoms with Gasteiger partial charge in [-0.25, -0.2) is 0 Å². The van der Waals surface area contributed by atoms with Gasteiger partial charge in [0, 0.05) is 18.1 Å². The Morgan fingerprint density at radius 3 is 2.67 bits per heavy atom. The smallest absolute Gasteiger partial charge is 0.237 e. The van der Waals surface area contributed by atoms with Gasteiger partial charge in [0.25, 0.3) is 0 Å². The molecule has 1 aromatic carbocycles. The van der Waals surface area contributed by atoms with Crippen LogP contribution in [0.15, 0.2) is 18.2 Å². The molecule has 3 nitrogen and oxygen atoms in total. The van der Waals surface area contributed by atoms with Crippen LogP contribution in [0.4, 0.5) is 5.69 Å². The van der Waals surface area contributed by atoms with Gasteiger partial charge in [0.1, 0.15) is 4.32 Å². The molecule has 0 aliphatic carbocycles. The lowest BCUT2D eigenvalue weighted by molar-refractivity contribution is -0.115. The second-order valence-corrected chi connectivity index (χ2v) is 7.65. The third kappa shape index (κ3) is 4.74. The molecular formula is C14H16Cl2N2OS2. The number of carbonyl (C=O) groups is 1. The van der Waals surface area contributed by atoms with Crippen molar-refractivity contribution in [1.82, 2.24) is 4.90 Å². The lowest BCUT2D eigenvalue weighted by Gasteiger charge is -2.20. The number of amides is 1. The van der Waals surface area contributed by atoms with Gasteiger partial charge in [-0.15, -0.1) is 0 Å². The number of nitrogens with zero attached hydrogens (tertiary/aromatic N) is 1. The third-order valence-corrected chi connectivity index (χ3v) is 5.32. The minimum Gasteiger partial charge on any atom is -0.358 e. The Morgan fingerprint density at radius 1 is 1.38 bits per heavy atom. The van der Waals surface area contributed by atoms with Gasteiger partial charge in [-0.3, -0.25) is 4.79 Å². The average molecular weight is 363 g/mol. The number of carbonyl (C=O) groups excluding carboxylic acids is 1. The Bertz CT molecular complexity index is 548. The van der Waals surface area contributed by atoms with Gasteiger partial charge in [-0.05, 0) is 38.0 Å². The van der Waals surface area contributed by atoms with Gasteiger partial charge in [0.15, 0.2) is 0 Å². The molecule has 7 heteroatoms. The zero-order chi connectivity index (χ0) is 15.4. The van der Waals surface area contributed by atoms with E-state index in [1.807, 2.05) is 6.92 Å². The fraction of sp³-hybridized carbons (Fsp3) is 0.429. The number of nitrogens with one attached hydrogen (secondary N) is 1. The number of thioether (sulfide) groups is 1. The van der Waals surface area contributed by atoms with E-state index < -0.39 is 0 Å². The third-order valence-electron chi connectivity index (χ3n) is 3.20. The standard InChI is InChI=1S/C14H16Cl2N2OS2/c1-9(21-14(20)18-6-2-3-7-18)13(19)17-12-5-4-10(15)8-11(12)16/h4-5,8-9H,2-3,6-7H2,1H3,(H,17,19)/t9-/m1/s1. The van der Waals surface area contributed by atoms with Crippen LogP contribution >= 0.6 is 47.2 Å². The summed E-state index contributed by atoms with van der Waals surface area (Å²) < 4.78 is 0.789. The van der Waals surface area contributed by atoms with Gasteiger partial charge >= 0.3 is 0 Å². The number of rotatable bonds is 3. The van der Waals surface area contributed by atoms with Crippen LogP contribution in [0.2, 0.25) is 10.0 Å². The molecule has 0 bridgehead atoms. The second-order valence-electron chi connectivity index (χ2n) is 4.83. The highest BCUT2D eigenvalue weighted by Gasteiger charge is 2.21. The largest absolute Gasteiger partial charge is 0.358 e. The Morgan fingerprint density at radius 2 is 2.05 bits per heavy atom. The highest BCUT2D eigenvalue weighted by Crippen LogP contribution is 2.27. The van der Waals surface area contributed by atoms with Crippen molar-refractivity contribution >= 4 is 63.1 Å². The molecule has 0 aromatic heterocycles. The van der Waals surface area contributed by atoms with E-state index in [1.165, 1.54) is 24.6 Å². The van der Waals surface area contributed by atoms with E-state index in [9.17, 15) is 4.79 Å². The van der Waals surface area contributed by atoms with E-state index in [-0.39, 0.29) is 11.2 Å². The quantitative estimate of drug-likeness (QED) is 0.805. The van der Waals surface area contributed by atoms with Gasteiger partial charge in [0.05, 0.1) is 16.0 Å². The van der Waals surface area contributed by atoms with Crippen LogP contribution in [0.25, 0.3) is 0 Å². The highest BCUT2D eigenvalue weighted by atomic mass is 35.5. The topological polar surface area (TPSA) is 32.3 Å². The number of hydrogen-bond acceptors (Lipinski definition) is 3. The second kappa shape index (κ2) is 7.68. The monoisotopic (exact) mass is 362 g/mol. The van der Waals surface area contributed by atoms with Crippen molar-refractivity contribution < 1.29 is 4.79 Å². The van der Waals surface area contributed by atoms with Crippen molar-refractivity contribution in [2.24, 2.45) is 0 Å². The predicted octanol–water partition coefficient (Wildman–Crippen LogP) is 4.43. The summed E-state index contributed by atoms with van der Waals surface area (Å²) in [5.74, 6) is -0.120. The first kappa shape index (κ1) is 16.9. The van der Waals surface area contributed by atoms with Crippen LogP contribution in [-0.4, -0.2) is 33.5 Å². The van der Waals surface area contributed by atoms with Crippen LogP contribution in [0.5, 0.6) is 0 Å². The first-order valence-electron chi connectivity index (χ1n) is 6.69. The molecule has 0 unspecified atom stereocenters. The molecule has 1 aliphatic rings. The Kier molecular flexibility index (Phi) is 6.17. The lowest BCUT2D eigenvalue weighted by atomic mass is 10.3. The Hall–Kier alpha value is -0.490. The molecule has 114 valence electrons. The zero-order valence-corrected chi connectivity index (χ0v) is 14.7. The Balaban J connectivity index is 1.91. The lowest BCUT2D eigenvalue weighted by Crippen LogP contribution is -2.29. The van der Waals surface area contributed by atoms with Crippen molar-refractivity contribution in [2.75, 3.05) is 18.4 Å². The molecule has 0 saturated carbocycles. The maximum atomic E-state index is 12.2. The van der Waals surface area contributed by atoms with Crippen LogP contribution in [-0.2, 0) is 4.79 Å². The van der Waals surface area contributed by atoms with Crippen LogP contribution in [0, 0.1) is 0 Å².